The Balaban J connectivity index is 1.34. The van der Waals surface area contributed by atoms with Crippen LogP contribution in [0.1, 0.15) is 32.1 Å². The van der Waals surface area contributed by atoms with E-state index in [1.54, 1.807) is 18.6 Å². The lowest BCUT2D eigenvalue weighted by molar-refractivity contribution is -0.148. The third kappa shape index (κ3) is 3.55. The van der Waals surface area contributed by atoms with E-state index in [4.69, 9.17) is 9.47 Å². The van der Waals surface area contributed by atoms with Crippen molar-refractivity contribution in [1.29, 1.82) is 0 Å². The molecule has 7 nitrogen and oxygen atoms in total. The molecule has 2 saturated heterocycles. The summed E-state index contributed by atoms with van der Waals surface area (Å²) in [6, 6.07) is 0. The van der Waals surface area contributed by atoms with Crippen molar-refractivity contribution in [2.75, 3.05) is 32.9 Å². The van der Waals surface area contributed by atoms with Gasteiger partial charge < -0.3 is 19.5 Å². The molecule has 0 bridgehead atoms. The minimum Gasteiger partial charge on any atom is -0.476 e. The van der Waals surface area contributed by atoms with Gasteiger partial charge in [-0.2, -0.15) is 0 Å². The van der Waals surface area contributed by atoms with Crippen LogP contribution in [-0.4, -0.2) is 64.9 Å². The van der Waals surface area contributed by atoms with Gasteiger partial charge in [0.15, 0.2) is 0 Å². The molecule has 1 spiro atoms. The van der Waals surface area contributed by atoms with Gasteiger partial charge in [0, 0.05) is 43.9 Å². The lowest BCUT2D eigenvalue weighted by atomic mass is 9.66. The molecule has 1 N–H and O–H groups in total. The molecule has 1 amide bonds. The molecule has 1 unspecified atom stereocenters. The number of aromatic nitrogens is 2. The van der Waals surface area contributed by atoms with Crippen LogP contribution in [0.15, 0.2) is 18.6 Å². The quantitative estimate of drug-likeness (QED) is 0.869. The summed E-state index contributed by atoms with van der Waals surface area (Å²) < 4.78 is 11.6. The molecule has 1 aliphatic carbocycles. The van der Waals surface area contributed by atoms with Crippen LogP contribution >= 0.6 is 0 Å². The van der Waals surface area contributed by atoms with E-state index in [1.807, 2.05) is 4.90 Å². The summed E-state index contributed by atoms with van der Waals surface area (Å²) >= 11 is 0. The highest BCUT2D eigenvalue weighted by Crippen LogP contribution is 2.45. The number of amides is 1. The number of hydrogen-bond acceptors (Lipinski definition) is 6. The number of piperidine rings is 1. The average molecular weight is 361 g/mol. The molecule has 3 aliphatic rings. The average Bonchev–Trinajstić information content (AvgIpc) is 2.66. The topological polar surface area (TPSA) is 84.8 Å². The minimum absolute atomic E-state index is 0.0320. The Morgan fingerprint density at radius 2 is 2.12 bits per heavy atom. The molecule has 1 aromatic rings. The summed E-state index contributed by atoms with van der Waals surface area (Å²) in [5.74, 6) is 1.11. The first-order valence-electron chi connectivity index (χ1n) is 9.60. The molecule has 1 atom stereocenters. The zero-order valence-electron chi connectivity index (χ0n) is 15.0. The van der Waals surface area contributed by atoms with Crippen molar-refractivity contribution >= 4 is 5.91 Å². The highest BCUT2D eigenvalue weighted by atomic mass is 16.5. The van der Waals surface area contributed by atoms with Crippen molar-refractivity contribution in [1.82, 2.24) is 14.9 Å². The zero-order valence-corrected chi connectivity index (χ0v) is 15.0. The van der Waals surface area contributed by atoms with Gasteiger partial charge in [0.05, 0.1) is 25.5 Å². The van der Waals surface area contributed by atoms with Crippen molar-refractivity contribution in [3.8, 4) is 5.88 Å². The molecule has 0 aromatic carbocycles. The molecule has 1 saturated carbocycles. The predicted octanol–water partition coefficient (Wildman–Crippen LogP) is 1.27. The Hall–Kier alpha value is -1.73. The van der Waals surface area contributed by atoms with E-state index in [2.05, 4.69) is 9.97 Å². The molecule has 2 aliphatic heterocycles. The first-order chi connectivity index (χ1) is 12.7. The van der Waals surface area contributed by atoms with Gasteiger partial charge in [-0.3, -0.25) is 9.78 Å². The van der Waals surface area contributed by atoms with E-state index in [0.717, 1.165) is 39.0 Å². The molecule has 3 fully saturated rings. The van der Waals surface area contributed by atoms with Gasteiger partial charge in [-0.25, -0.2) is 4.98 Å². The fourth-order valence-electron chi connectivity index (χ4n) is 4.53. The first-order valence-corrected chi connectivity index (χ1v) is 9.60. The van der Waals surface area contributed by atoms with E-state index >= 15 is 0 Å². The summed E-state index contributed by atoms with van der Waals surface area (Å²) in [5, 5.41) is 9.44. The van der Waals surface area contributed by atoms with Gasteiger partial charge in [0.1, 0.15) is 0 Å². The number of aliphatic hydroxyl groups excluding tert-OH is 1. The number of likely N-dealkylation sites (tertiary alicyclic amines) is 1. The second-order valence-corrected chi connectivity index (χ2v) is 7.89. The highest BCUT2D eigenvalue weighted by Gasteiger charge is 2.46. The summed E-state index contributed by atoms with van der Waals surface area (Å²) in [7, 11) is 0. The molecule has 142 valence electrons. The smallest absolute Gasteiger partial charge is 0.232 e. The number of nitrogens with zero attached hydrogens (tertiary/aromatic N) is 3. The van der Waals surface area contributed by atoms with Gasteiger partial charge in [-0.05, 0) is 37.5 Å². The van der Waals surface area contributed by atoms with E-state index in [1.165, 1.54) is 0 Å². The second kappa shape index (κ2) is 7.48. The monoisotopic (exact) mass is 361 g/mol. The van der Waals surface area contributed by atoms with Gasteiger partial charge in [-0.1, -0.05) is 0 Å². The van der Waals surface area contributed by atoms with Crippen LogP contribution in [0.2, 0.25) is 0 Å². The number of carbonyl (C=O) groups excluding carboxylic acids is 1. The Morgan fingerprint density at radius 1 is 1.31 bits per heavy atom. The first kappa shape index (κ1) is 17.7. The van der Waals surface area contributed by atoms with Crippen LogP contribution in [0, 0.1) is 17.3 Å². The largest absolute Gasteiger partial charge is 0.476 e. The third-order valence-corrected chi connectivity index (χ3v) is 6.43. The molecule has 4 rings (SSSR count). The Bertz CT molecular complexity index is 612. The SMILES string of the molecule is O=C(C1CC(O)C1)N1CCC2(CCOCC2COc2cnccn2)CC1. The number of hydrogen-bond donors (Lipinski definition) is 1. The molecular formula is C19H27N3O4. The Morgan fingerprint density at radius 3 is 2.81 bits per heavy atom. The summed E-state index contributed by atoms with van der Waals surface area (Å²) in [6.45, 7) is 3.65. The van der Waals surface area contributed by atoms with E-state index < -0.39 is 0 Å². The van der Waals surface area contributed by atoms with Crippen molar-refractivity contribution in [2.45, 2.75) is 38.2 Å². The number of aliphatic hydroxyl groups is 1. The van der Waals surface area contributed by atoms with Gasteiger partial charge >= 0.3 is 0 Å². The van der Waals surface area contributed by atoms with E-state index in [9.17, 15) is 9.90 Å². The molecular weight excluding hydrogens is 334 g/mol. The Labute approximate surface area is 153 Å². The minimum atomic E-state index is -0.279. The van der Waals surface area contributed by atoms with E-state index in [0.29, 0.717) is 37.9 Å². The number of ether oxygens (including phenoxy) is 2. The molecule has 3 heterocycles. The zero-order chi connectivity index (χ0) is 18.0. The predicted molar refractivity (Wildman–Crippen MR) is 93.4 cm³/mol. The third-order valence-electron chi connectivity index (χ3n) is 6.43. The van der Waals surface area contributed by atoms with Gasteiger partial charge in [0.2, 0.25) is 11.8 Å². The lowest BCUT2D eigenvalue weighted by Gasteiger charge is -2.49. The summed E-state index contributed by atoms with van der Waals surface area (Å²) in [6.07, 6.45) is 8.87. The number of rotatable bonds is 4. The van der Waals surface area contributed by atoms with Crippen molar-refractivity contribution in [3.63, 3.8) is 0 Å². The lowest BCUT2D eigenvalue weighted by Crippen LogP contribution is -2.53. The number of carbonyl (C=O) groups is 1. The van der Waals surface area contributed by atoms with Crippen molar-refractivity contribution in [2.24, 2.45) is 17.3 Å². The maximum Gasteiger partial charge on any atom is 0.232 e. The van der Waals surface area contributed by atoms with Crippen LogP contribution in [0.5, 0.6) is 5.88 Å². The van der Waals surface area contributed by atoms with Crippen LogP contribution in [-0.2, 0) is 9.53 Å². The van der Waals surface area contributed by atoms with Crippen LogP contribution in [0.25, 0.3) is 0 Å². The van der Waals surface area contributed by atoms with Crippen molar-refractivity contribution in [3.05, 3.63) is 18.6 Å². The maximum absolute atomic E-state index is 12.5. The second-order valence-electron chi connectivity index (χ2n) is 7.89. The molecule has 0 radical (unpaired) electrons. The normalized spacial score (nSPS) is 30.7. The Kier molecular flexibility index (Phi) is 5.09. The van der Waals surface area contributed by atoms with Crippen LogP contribution in [0.3, 0.4) is 0 Å². The van der Waals surface area contributed by atoms with Gasteiger partial charge in [0.25, 0.3) is 0 Å². The summed E-state index contributed by atoms with van der Waals surface area (Å²) in [5.41, 5.74) is 0.177. The molecule has 7 heteroatoms. The fraction of sp³-hybridized carbons (Fsp3) is 0.737. The highest BCUT2D eigenvalue weighted by molar-refractivity contribution is 5.80. The molecule has 26 heavy (non-hydrogen) atoms. The van der Waals surface area contributed by atoms with E-state index in [-0.39, 0.29) is 23.3 Å². The maximum atomic E-state index is 12.5. The standard InChI is InChI=1S/C19H27N3O4/c23-16-9-14(10-16)18(24)22-6-1-19(2-7-22)3-8-25-12-15(19)13-26-17-11-20-4-5-21-17/h4-5,11,14-16,23H,1-3,6-10,12-13H2. The van der Waals surface area contributed by atoms with Crippen LogP contribution in [0.4, 0.5) is 0 Å². The molecule has 1 aromatic heterocycles. The fourth-order valence-corrected chi connectivity index (χ4v) is 4.53. The van der Waals surface area contributed by atoms with Crippen molar-refractivity contribution < 1.29 is 19.4 Å². The summed E-state index contributed by atoms with van der Waals surface area (Å²) in [4.78, 5) is 22.7. The van der Waals surface area contributed by atoms with Gasteiger partial charge in [-0.15, -0.1) is 0 Å². The van der Waals surface area contributed by atoms with Crippen LogP contribution < -0.4 is 4.74 Å².